The van der Waals surface area contributed by atoms with Gasteiger partial charge in [0.15, 0.2) is 0 Å². The van der Waals surface area contributed by atoms with E-state index in [4.69, 9.17) is 9.97 Å². The van der Waals surface area contributed by atoms with Gasteiger partial charge >= 0.3 is 0 Å². The van der Waals surface area contributed by atoms with Crippen LogP contribution in [0.3, 0.4) is 0 Å². The number of hydrogen-bond acceptors (Lipinski definition) is 3. The fraction of sp³-hybridized carbons (Fsp3) is 0.0278. The van der Waals surface area contributed by atoms with Crippen LogP contribution in [0.5, 0.6) is 0 Å². The number of rotatable bonds is 4. The van der Waals surface area contributed by atoms with Crippen LogP contribution in [0, 0.1) is 0 Å². The van der Waals surface area contributed by atoms with Crippen molar-refractivity contribution in [1.82, 2.24) is 24.1 Å². The summed E-state index contributed by atoms with van der Waals surface area (Å²) in [7, 11) is 2.09. The number of aryl methyl sites for hydroxylation is 1. The summed E-state index contributed by atoms with van der Waals surface area (Å²) in [5.41, 5.74) is 10.6. The summed E-state index contributed by atoms with van der Waals surface area (Å²) in [6.07, 6.45) is 3.69. The Morgan fingerprint density at radius 3 is 2.22 bits per heavy atom. The molecule has 41 heavy (non-hydrogen) atoms. The summed E-state index contributed by atoms with van der Waals surface area (Å²) in [5.74, 6) is 0.930. The van der Waals surface area contributed by atoms with Gasteiger partial charge in [0.25, 0.3) is 0 Å². The van der Waals surface area contributed by atoms with Crippen LogP contribution in [0.15, 0.2) is 134 Å². The Morgan fingerprint density at radius 2 is 1.34 bits per heavy atom. The summed E-state index contributed by atoms with van der Waals surface area (Å²) in [6, 6.07) is 42.2. The third-order valence-electron chi connectivity index (χ3n) is 7.84. The van der Waals surface area contributed by atoms with Gasteiger partial charge in [-0.2, -0.15) is 0 Å². The van der Waals surface area contributed by atoms with Crippen molar-refractivity contribution in [2.75, 3.05) is 0 Å². The Balaban J connectivity index is 1.32. The average Bonchev–Trinajstić information content (AvgIpc) is 3.55. The monoisotopic (exact) mass is 527 g/mol. The number of benzene rings is 4. The van der Waals surface area contributed by atoms with Gasteiger partial charge in [-0.05, 0) is 65.7 Å². The van der Waals surface area contributed by atoms with E-state index in [0.29, 0.717) is 0 Å². The minimum atomic E-state index is 0.926. The third-order valence-corrected chi connectivity index (χ3v) is 7.84. The molecular formula is C36H25N5. The summed E-state index contributed by atoms with van der Waals surface area (Å²) in [5, 5.41) is 2.28. The molecule has 0 spiro atoms. The molecule has 4 aromatic carbocycles. The molecule has 0 aliphatic heterocycles. The topological polar surface area (TPSA) is 48.5 Å². The van der Waals surface area contributed by atoms with Crippen molar-refractivity contribution in [3.8, 4) is 39.5 Å². The summed E-state index contributed by atoms with van der Waals surface area (Å²) in [6.45, 7) is 0. The molecule has 0 aliphatic rings. The molecule has 0 fully saturated rings. The van der Waals surface area contributed by atoms with Crippen LogP contribution in [0.25, 0.3) is 72.4 Å². The van der Waals surface area contributed by atoms with E-state index in [2.05, 4.69) is 112 Å². The predicted octanol–water partition coefficient (Wildman–Crippen LogP) is 8.46. The molecule has 5 nitrogen and oxygen atoms in total. The van der Waals surface area contributed by atoms with Gasteiger partial charge in [-0.15, -0.1) is 0 Å². The zero-order chi connectivity index (χ0) is 27.3. The Labute approximate surface area is 237 Å². The highest BCUT2D eigenvalue weighted by molar-refractivity contribution is 6.09. The van der Waals surface area contributed by atoms with Crippen LogP contribution in [0.2, 0.25) is 0 Å². The molecule has 0 atom stereocenters. The van der Waals surface area contributed by atoms with Gasteiger partial charge < -0.3 is 4.57 Å². The van der Waals surface area contributed by atoms with Crippen molar-refractivity contribution in [2.45, 2.75) is 0 Å². The summed E-state index contributed by atoms with van der Waals surface area (Å²) in [4.78, 5) is 14.5. The molecule has 0 unspecified atom stereocenters. The smallest absolute Gasteiger partial charge is 0.145 e. The molecule has 8 aromatic rings. The first-order chi connectivity index (χ1) is 20.2. The second kappa shape index (κ2) is 9.28. The SMILES string of the molecule is Cn1c(-c2ccc3c4cccnc4n(-c4cccc(-c5ccccn5)c4)c3c2)nc2ccc(-c3ccccc3)cc21. The van der Waals surface area contributed by atoms with Gasteiger partial charge in [0.05, 0.1) is 22.2 Å². The fourth-order valence-corrected chi connectivity index (χ4v) is 5.84. The second-order valence-electron chi connectivity index (χ2n) is 10.3. The number of hydrogen-bond donors (Lipinski definition) is 0. The molecule has 0 saturated heterocycles. The van der Waals surface area contributed by atoms with E-state index in [1.54, 1.807) is 0 Å². The maximum Gasteiger partial charge on any atom is 0.145 e. The minimum absolute atomic E-state index is 0.926. The highest BCUT2D eigenvalue weighted by atomic mass is 15.1. The van der Waals surface area contributed by atoms with Crippen LogP contribution in [-0.4, -0.2) is 24.1 Å². The lowest BCUT2D eigenvalue weighted by Gasteiger charge is -2.10. The van der Waals surface area contributed by atoms with Gasteiger partial charge in [-0.3, -0.25) is 9.55 Å². The zero-order valence-corrected chi connectivity index (χ0v) is 22.4. The Kier molecular flexibility index (Phi) is 5.28. The Bertz CT molecular complexity index is 2210. The zero-order valence-electron chi connectivity index (χ0n) is 22.4. The fourth-order valence-electron chi connectivity index (χ4n) is 5.84. The maximum absolute atomic E-state index is 5.06. The van der Waals surface area contributed by atoms with Gasteiger partial charge in [0.2, 0.25) is 0 Å². The molecular weight excluding hydrogens is 502 g/mol. The van der Waals surface area contributed by atoms with E-state index in [1.165, 1.54) is 11.1 Å². The van der Waals surface area contributed by atoms with Crippen molar-refractivity contribution < 1.29 is 0 Å². The first-order valence-electron chi connectivity index (χ1n) is 13.7. The lowest BCUT2D eigenvalue weighted by atomic mass is 10.1. The molecule has 0 N–H and O–H groups in total. The molecule has 0 bridgehead atoms. The molecule has 5 heteroatoms. The lowest BCUT2D eigenvalue weighted by molar-refractivity contribution is 0.959. The maximum atomic E-state index is 5.06. The molecule has 0 radical (unpaired) electrons. The van der Waals surface area contributed by atoms with Crippen molar-refractivity contribution in [3.05, 3.63) is 134 Å². The number of fused-ring (bicyclic) bond motifs is 4. The van der Waals surface area contributed by atoms with E-state index in [-0.39, 0.29) is 0 Å². The van der Waals surface area contributed by atoms with Gasteiger partial charge in [0.1, 0.15) is 11.5 Å². The number of aromatic nitrogens is 5. The highest BCUT2D eigenvalue weighted by Crippen LogP contribution is 2.35. The lowest BCUT2D eigenvalue weighted by Crippen LogP contribution is -1.97. The number of nitrogens with zero attached hydrogens (tertiary/aromatic N) is 5. The standard InChI is InChI=1S/C36H25N5/c1-40-34-22-25(24-9-3-2-4-10-24)16-18-32(34)39-35(40)27-15-17-29-30-13-8-20-38-36(30)41(33(29)23-27)28-12-7-11-26(21-28)31-14-5-6-19-37-31/h2-23H,1H3. The predicted molar refractivity (Wildman–Crippen MR) is 167 cm³/mol. The normalized spacial score (nSPS) is 11.5. The van der Waals surface area contributed by atoms with Crippen molar-refractivity contribution in [3.63, 3.8) is 0 Å². The van der Waals surface area contributed by atoms with Crippen LogP contribution in [0.1, 0.15) is 0 Å². The number of pyridine rings is 2. The number of imidazole rings is 1. The average molecular weight is 528 g/mol. The van der Waals surface area contributed by atoms with Crippen LogP contribution < -0.4 is 0 Å². The molecule has 0 amide bonds. The first-order valence-corrected chi connectivity index (χ1v) is 13.7. The molecule has 194 valence electrons. The third kappa shape index (κ3) is 3.82. The van der Waals surface area contributed by atoms with Crippen molar-refractivity contribution in [2.24, 2.45) is 7.05 Å². The Hall–Kier alpha value is -5.55. The largest absolute Gasteiger partial charge is 0.327 e. The van der Waals surface area contributed by atoms with E-state index < -0.39 is 0 Å². The highest BCUT2D eigenvalue weighted by Gasteiger charge is 2.17. The molecule has 0 saturated carbocycles. The summed E-state index contributed by atoms with van der Waals surface area (Å²) < 4.78 is 4.44. The second-order valence-corrected chi connectivity index (χ2v) is 10.3. The van der Waals surface area contributed by atoms with E-state index in [1.807, 2.05) is 42.7 Å². The quantitative estimate of drug-likeness (QED) is 0.231. The minimum Gasteiger partial charge on any atom is -0.327 e. The van der Waals surface area contributed by atoms with Gasteiger partial charge in [-0.1, -0.05) is 66.7 Å². The molecule has 4 heterocycles. The van der Waals surface area contributed by atoms with Gasteiger partial charge in [-0.25, -0.2) is 9.97 Å². The summed E-state index contributed by atoms with van der Waals surface area (Å²) >= 11 is 0. The van der Waals surface area contributed by atoms with Crippen molar-refractivity contribution in [1.29, 1.82) is 0 Å². The molecule has 8 rings (SSSR count). The van der Waals surface area contributed by atoms with Crippen LogP contribution in [-0.2, 0) is 7.05 Å². The van der Waals surface area contributed by atoms with Crippen molar-refractivity contribution >= 4 is 33.0 Å². The van der Waals surface area contributed by atoms with Crippen LogP contribution >= 0.6 is 0 Å². The molecule has 4 aromatic heterocycles. The van der Waals surface area contributed by atoms with Gasteiger partial charge in [0, 0.05) is 47.0 Å². The molecule has 0 aliphatic carbocycles. The van der Waals surface area contributed by atoms with E-state index in [0.717, 1.165) is 61.3 Å². The van der Waals surface area contributed by atoms with E-state index in [9.17, 15) is 0 Å². The first kappa shape index (κ1) is 23.3. The van der Waals surface area contributed by atoms with E-state index >= 15 is 0 Å². The van der Waals surface area contributed by atoms with Crippen LogP contribution in [0.4, 0.5) is 0 Å². The Morgan fingerprint density at radius 1 is 0.537 bits per heavy atom.